The van der Waals surface area contributed by atoms with Gasteiger partial charge in [0.2, 0.25) is 5.91 Å². The lowest BCUT2D eigenvalue weighted by Gasteiger charge is -2.11. The first-order valence-corrected chi connectivity index (χ1v) is 6.83. The van der Waals surface area contributed by atoms with Crippen LogP contribution in [0.2, 0.25) is 5.02 Å². The van der Waals surface area contributed by atoms with Crippen LogP contribution in [-0.4, -0.2) is 11.9 Å². The molecule has 0 heterocycles. The molecule has 0 aliphatic heterocycles. The third-order valence-electron chi connectivity index (χ3n) is 2.87. The van der Waals surface area contributed by atoms with Crippen LogP contribution in [0.4, 0.5) is 10.1 Å². The predicted octanol–water partition coefficient (Wildman–Crippen LogP) is 3.79. The summed E-state index contributed by atoms with van der Waals surface area (Å²) < 4.78 is 18.7. The molecule has 114 valence electrons. The maximum absolute atomic E-state index is 13.6. The van der Waals surface area contributed by atoms with E-state index in [9.17, 15) is 14.0 Å². The second kappa shape index (κ2) is 7.04. The molecular formula is C16H13ClFNO3. The molecule has 0 atom stereocenters. The maximum Gasteiger partial charge on any atom is 0.340 e. The van der Waals surface area contributed by atoms with Crippen molar-refractivity contribution in [2.24, 2.45) is 0 Å². The van der Waals surface area contributed by atoms with Crippen molar-refractivity contribution in [2.45, 2.75) is 13.5 Å². The molecule has 0 spiro atoms. The van der Waals surface area contributed by atoms with Crippen LogP contribution in [0.15, 0.2) is 42.5 Å². The van der Waals surface area contributed by atoms with Crippen LogP contribution in [0.25, 0.3) is 0 Å². The number of ether oxygens (including phenoxy) is 1. The van der Waals surface area contributed by atoms with Crippen LogP contribution in [0.3, 0.4) is 0 Å². The molecule has 0 fully saturated rings. The van der Waals surface area contributed by atoms with Gasteiger partial charge in [0.1, 0.15) is 12.4 Å². The zero-order chi connectivity index (χ0) is 16.1. The van der Waals surface area contributed by atoms with Crippen molar-refractivity contribution in [1.82, 2.24) is 0 Å². The summed E-state index contributed by atoms with van der Waals surface area (Å²) in [7, 11) is 0. The summed E-state index contributed by atoms with van der Waals surface area (Å²) in [5, 5.41) is 2.72. The molecule has 0 aromatic heterocycles. The number of anilines is 1. The Labute approximate surface area is 131 Å². The van der Waals surface area contributed by atoms with Gasteiger partial charge < -0.3 is 10.1 Å². The van der Waals surface area contributed by atoms with E-state index in [2.05, 4.69) is 5.32 Å². The SMILES string of the molecule is CC(=O)Nc1ccccc1C(=O)OCc1c(F)cccc1Cl. The van der Waals surface area contributed by atoms with E-state index in [0.717, 1.165) is 0 Å². The highest BCUT2D eigenvalue weighted by molar-refractivity contribution is 6.31. The topological polar surface area (TPSA) is 55.4 Å². The Bertz CT molecular complexity index is 698. The van der Waals surface area contributed by atoms with Gasteiger partial charge in [-0.15, -0.1) is 0 Å². The molecule has 1 N–H and O–H groups in total. The van der Waals surface area contributed by atoms with Crippen molar-refractivity contribution in [3.8, 4) is 0 Å². The standard InChI is InChI=1S/C16H13ClFNO3/c1-10(20)19-15-8-3-2-5-11(15)16(21)22-9-12-13(17)6-4-7-14(12)18/h2-8H,9H2,1H3,(H,19,20). The Morgan fingerprint density at radius 2 is 1.91 bits per heavy atom. The number of carbonyl (C=O) groups excluding carboxylic acids is 2. The summed E-state index contributed by atoms with van der Waals surface area (Å²) in [6.45, 7) is 1.04. The Morgan fingerprint density at radius 1 is 1.18 bits per heavy atom. The van der Waals surface area contributed by atoms with Crippen molar-refractivity contribution in [1.29, 1.82) is 0 Å². The minimum atomic E-state index is -0.677. The van der Waals surface area contributed by atoms with Crippen molar-refractivity contribution >= 4 is 29.2 Å². The molecule has 1 amide bonds. The maximum atomic E-state index is 13.6. The summed E-state index contributed by atoms with van der Waals surface area (Å²) in [6, 6.07) is 10.6. The minimum absolute atomic E-state index is 0.106. The van der Waals surface area contributed by atoms with Crippen LogP contribution >= 0.6 is 11.6 Å². The molecule has 0 saturated carbocycles. The van der Waals surface area contributed by atoms with Gasteiger partial charge in [-0.25, -0.2) is 9.18 Å². The van der Waals surface area contributed by atoms with E-state index in [1.807, 2.05) is 0 Å². The normalized spacial score (nSPS) is 10.1. The molecule has 0 aliphatic carbocycles. The second-order valence-electron chi connectivity index (χ2n) is 4.50. The van der Waals surface area contributed by atoms with Gasteiger partial charge in [0, 0.05) is 12.5 Å². The molecule has 0 unspecified atom stereocenters. The van der Waals surface area contributed by atoms with E-state index in [0.29, 0.717) is 5.69 Å². The van der Waals surface area contributed by atoms with Gasteiger partial charge in [0.05, 0.1) is 16.3 Å². The summed E-state index contributed by atoms with van der Waals surface area (Å²) in [5.41, 5.74) is 0.624. The van der Waals surface area contributed by atoms with Gasteiger partial charge in [0.15, 0.2) is 0 Å². The van der Waals surface area contributed by atoms with E-state index in [1.54, 1.807) is 18.2 Å². The Balaban J connectivity index is 2.15. The third-order valence-corrected chi connectivity index (χ3v) is 3.22. The quantitative estimate of drug-likeness (QED) is 0.872. The van der Waals surface area contributed by atoms with Crippen LogP contribution in [0, 0.1) is 5.82 Å². The van der Waals surface area contributed by atoms with Gasteiger partial charge in [-0.2, -0.15) is 0 Å². The van der Waals surface area contributed by atoms with E-state index < -0.39 is 11.8 Å². The number of carbonyl (C=O) groups is 2. The number of para-hydroxylation sites is 1. The first-order valence-electron chi connectivity index (χ1n) is 6.45. The van der Waals surface area contributed by atoms with Gasteiger partial charge in [-0.05, 0) is 24.3 Å². The molecule has 2 rings (SSSR count). The molecule has 4 nitrogen and oxygen atoms in total. The molecule has 6 heteroatoms. The number of amides is 1. The van der Waals surface area contributed by atoms with E-state index in [1.165, 1.54) is 31.2 Å². The van der Waals surface area contributed by atoms with Crippen LogP contribution in [-0.2, 0) is 16.1 Å². The van der Waals surface area contributed by atoms with Crippen molar-refractivity contribution in [3.05, 3.63) is 64.4 Å². The largest absolute Gasteiger partial charge is 0.457 e. The molecule has 2 aromatic carbocycles. The molecule has 0 aliphatic rings. The zero-order valence-electron chi connectivity index (χ0n) is 11.7. The molecule has 0 radical (unpaired) electrons. The Kier molecular flexibility index (Phi) is 5.12. The fourth-order valence-electron chi connectivity index (χ4n) is 1.85. The highest BCUT2D eigenvalue weighted by Crippen LogP contribution is 2.21. The number of benzene rings is 2. The molecule has 22 heavy (non-hydrogen) atoms. The summed E-state index contributed by atoms with van der Waals surface area (Å²) >= 11 is 5.87. The Morgan fingerprint density at radius 3 is 2.59 bits per heavy atom. The number of hydrogen-bond donors (Lipinski definition) is 1. The fourth-order valence-corrected chi connectivity index (χ4v) is 2.06. The lowest BCUT2D eigenvalue weighted by atomic mass is 10.1. The lowest BCUT2D eigenvalue weighted by Crippen LogP contribution is -2.13. The van der Waals surface area contributed by atoms with Gasteiger partial charge >= 0.3 is 5.97 Å². The van der Waals surface area contributed by atoms with E-state index in [-0.39, 0.29) is 28.7 Å². The van der Waals surface area contributed by atoms with E-state index >= 15 is 0 Å². The molecule has 0 saturated heterocycles. The molecule has 0 bridgehead atoms. The second-order valence-corrected chi connectivity index (χ2v) is 4.91. The van der Waals surface area contributed by atoms with Gasteiger partial charge in [-0.1, -0.05) is 29.8 Å². The average molecular weight is 322 g/mol. The number of rotatable bonds is 4. The minimum Gasteiger partial charge on any atom is -0.457 e. The number of nitrogens with one attached hydrogen (secondary N) is 1. The van der Waals surface area contributed by atoms with Crippen molar-refractivity contribution in [2.75, 3.05) is 5.32 Å². The van der Waals surface area contributed by atoms with Crippen molar-refractivity contribution < 1.29 is 18.7 Å². The summed E-state index contributed by atoms with van der Waals surface area (Å²) in [4.78, 5) is 23.2. The monoisotopic (exact) mass is 321 g/mol. The Hall–Kier alpha value is -2.40. The zero-order valence-corrected chi connectivity index (χ0v) is 12.5. The smallest absolute Gasteiger partial charge is 0.340 e. The van der Waals surface area contributed by atoms with Crippen LogP contribution in [0.5, 0.6) is 0 Å². The third kappa shape index (κ3) is 3.83. The summed E-state index contributed by atoms with van der Waals surface area (Å²) in [5.74, 6) is -1.53. The first-order chi connectivity index (χ1) is 10.5. The molecular weight excluding hydrogens is 309 g/mol. The number of hydrogen-bond acceptors (Lipinski definition) is 3. The van der Waals surface area contributed by atoms with E-state index in [4.69, 9.17) is 16.3 Å². The van der Waals surface area contributed by atoms with Crippen LogP contribution in [0.1, 0.15) is 22.8 Å². The average Bonchev–Trinajstić information content (AvgIpc) is 2.46. The highest BCUT2D eigenvalue weighted by Gasteiger charge is 2.15. The highest BCUT2D eigenvalue weighted by atomic mass is 35.5. The fraction of sp³-hybridized carbons (Fsp3) is 0.125. The van der Waals surface area contributed by atoms with Crippen molar-refractivity contribution in [3.63, 3.8) is 0 Å². The lowest BCUT2D eigenvalue weighted by molar-refractivity contribution is -0.114. The predicted molar refractivity (Wildman–Crippen MR) is 81.3 cm³/mol. The van der Waals surface area contributed by atoms with Crippen LogP contribution < -0.4 is 5.32 Å². The van der Waals surface area contributed by atoms with Gasteiger partial charge in [-0.3, -0.25) is 4.79 Å². The summed E-state index contributed by atoms with van der Waals surface area (Å²) in [6.07, 6.45) is 0. The van der Waals surface area contributed by atoms with Gasteiger partial charge in [0.25, 0.3) is 0 Å². The first kappa shape index (κ1) is 16.0. The molecule has 2 aromatic rings. The number of halogens is 2. The number of esters is 1.